The van der Waals surface area contributed by atoms with E-state index in [4.69, 9.17) is 0 Å². The number of hydrogen-bond acceptors (Lipinski definition) is 1. The van der Waals surface area contributed by atoms with Gasteiger partial charge in [-0.15, -0.1) is 0 Å². The number of hydrogen-bond donors (Lipinski definition) is 0. The molecule has 3 aromatic rings. The van der Waals surface area contributed by atoms with Crippen molar-refractivity contribution in [2.45, 2.75) is 13.3 Å². The molecule has 0 spiro atoms. The fraction of sp³-hybridized carbons (Fsp3) is 0.0952. The Morgan fingerprint density at radius 1 is 0.682 bits per heavy atom. The summed E-state index contributed by atoms with van der Waals surface area (Å²) in [5.41, 5.74) is 5.79. The molecule has 0 aliphatic rings. The van der Waals surface area contributed by atoms with Crippen LogP contribution >= 0.6 is 0 Å². The minimum atomic E-state index is 0.188. The quantitative estimate of drug-likeness (QED) is 0.648. The molecule has 1 nitrogen and oxygen atoms in total. The Morgan fingerprint density at radius 2 is 1.23 bits per heavy atom. The van der Waals surface area contributed by atoms with Crippen LogP contribution in [0, 0.1) is 0 Å². The number of Topliss-reactive ketones (excluding diaryl/α,β-unsaturated/α-hetero) is 1. The van der Waals surface area contributed by atoms with Crippen molar-refractivity contribution in [3.8, 4) is 22.3 Å². The Morgan fingerprint density at radius 3 is 1.91 bits per heavy atom. The van der Waals surface area contributed by atoms with Crippen LogP contribution in [0.3, 0.4) is 0 Å². The van der Waals surface area contributed by atoms with Crippen LogP contribution in [0.1, 0.15) is 12.5 Å². The predicted octanol–water partition coefficient (Wildman–Crippen LogP) is 5.15. The zero-order valence-corrected chi connectivity index (χ0v) is 12.6. The van der Waals surface area contributed by atoms with E-state index in [1.807, 2.05) is 36.4 Å². The minimum absolute atomic E-state index is 0.188. The molecule has 0 aromatic heterocycles. The Labute approximate surface area is 131 Å². The molecule has 0 fully saturated rings. The van der Waals surface area contributed by atoms with Gasteiger partial charge in [-0.05, 0) is 34.7 Å². The van der Waals surface area contributed by atoms with Crippen LogP contribution in [0.4, 0.5) is 0 Å². The summed E-state index contributed by atoms with van der Waals surface area (Å²) in [6.07, 6.45) is 0.483. The molecule has 3 rings (SSSR count). The Kier molecular flexibility index (Phi) is 4.15. The molecule has 108 valence electrons. The molecule has 22 heavy (non-hydrogen) atoms. The van der Waals surface area contributed by atoms with Crippen molar-refractivity contribution in [1.29, 1.82) is 0 Å². The van der Waals surface area contributed by atoms with Gasteiger partial charge in [0.05, 0.1) is 0 Å². The molecule has 0 saturated carbocycles. The van der Waals surface area contributed by atoms with E-state index in [1.165, 1.54) is 11.1 Å². The molecule has 0 heterocycles. The second-order valence-corrected chi connectivity index (χ2v) is 5.48. The fourth-order valence-corrected chi connectivity index (χ4v) is 2.70. The van der Waals surface area contributed by atoms with Crippen molar-refractivity contribution in [1.82, 2.24) is 0 Å². The van der Waals surface area contributed by atoms with Gasteiger partial charge < -0.3 is 0 Å². The first-order chi connectivity index (χ1) is 10.7. The van der Waals surface area contributed by atoms with Gasteiger partial charge >= 0.3 is 0 Å². The van der Waals surface area contributed by atoms with Crippen LogP contribution in [0.25, 0.3) is 22.3 Å². The van der Waals surface area contributed by atoms with Crippen LogP contribution in [0.15, 0.2) is 78.9 Å². The van der Waals surface area contributed by atoms with Gasteiger partial charge in [0.15, 0.2) is 0 Å². The zero-order chi connectivity index (χ0) is 15.4. The lowest BCUT2D eigenvalue weighted by Crippen LogP contribution is -1.98. The summed E-state index contributed by atoms with van der Waals surface area (Å²) in [5, 5.41) is 0. The van der Waals surface area contributed by atoms with E-state index in [2.05, 4.69) is 42.5 Å². The van der Waals surface area contributed by atoms with Gasteiger partial charge in [0.1, 0.15) is 5.78 Å². The fourth-order valence-electron chi connectivity index (χ4n) is 2.70. The third-order valence-electron chi connectivity index (χ3n) is 3.76. The van der Waals surface area contributed by atoms with Crippen molar-refractivity contribution < 1.29 is 4.79 Å². The summed E-state index contributed by atoms with van der Waals surface area (Å²) in [7, 11) is 0. The molecule has 0 radical (unpaired) electrons. The van der Waals surface area contributed by atoms with E-state index in [1.54, 1.807) is 6.92 Å². The summed E-state index contributed by atoms with van der Waals surface area (Å²) < 4.78 is 0. The van der Waals surface area contributed by atoms with E-state index in [-0.39, 0.29) is 5.78 Å². The van der Waals surface area contributed by atoms with Gasteiger partial charge in [0.2, 0.25) is 0 Å². The van der Waals surface area contributed by atoms with Gasteiger partial charge in [0.25, 0.3) is 0 Å². The van der Waals surface area contributed by atoms with Gasteiger partial charge in [0, 0.05) is 6.42 Å². The van der Waals surface area contributed by atoms with Gasteiger partial charge in [-0.25, -0.2) is 0 Å². The summed E-state index contributed by atoms with van der Waals surface area (Å²) in [4.78, 5) is 11.4. The molecular weight excluding hydrogens is 268 g/mol. The van der Waals surface area contributed by atoms with Crippen LogP contribution in [0.2, 0.25) is 0 Å². The highest BCUT2D eigenvalue weighted by atomic mass is 16.1. The van der Waals surface area contributed by atoms with E-state index < -0.39 is 0 Å². The molecule has 3 aromatic carbocycles. The highest BCUT2D eigenvalue weighted by molar-refractivity contribution is 5.82. The van der Waals surface area contributed by atoms with Crippen LogP contribution in [0.5, 0.6) is 0 Å². The van der Waals surface area contributed by atoms with Crippen molar-refractivity contribution in [2.24, 2.45) is 0 Å². The lowest BCUT2D eigenvalue weighted by Gasteiger charge is -2.09. The molecular formula is C21H18O. The molecule has 0 unspecified atom stereocenters. The van der Waals surface area contributed by atoms with E-state index in [9.17, 15) is 4.79 Å². The van der Waals surface area contributed by atoms with Gasteiger partial charge in [-0.2, -0.15) is 0 Å². The first kappa shape index (κ1) is 14.3. The van der Waals surface area contributed by atoms with E-state index in [0.717, 1.165) is 16.7 Å². The number of carbonyl (C=O) groups is 1. The lowest BCUT2D eigenvalue weighted by molar-refractivity contribution is -0.116. The first-order valence-electron chi connectivity index (χ1n) is 7.47. The third kappa shape index (κ3) is 3.15. The SMILES string of the molecule is CC(=O)Cc1ccccc1-c1ccc(-c2ccccc2)cc1. The molecule has 0 aliphatic heterocycles. The zero-order valence-electron chi connectivity index (χ0n) is 12.6. The van der Waals surface area contributed by atoms with Gasteiger partial charge in [-0.3, -0.25) is 4.79 Å². The topological polar surface area (TPSA) is 17.1 Å². The number of benzene rings is 3. The second kappa shape index (κ2) is 6.40. The summed E-state index contributed by atoms with van der Waals surface area (Å²) >= 11 is 0. The third-order valence-corrected chi connectivity index (χ3v) is 3.76. The van der Waals surface area contributed by atoms with Crippen molar-refractivity contribution in [2.75, 3.05) is 0 Å². The largest absolute Gasteiger partial charge is 0.300 e. The maximum absolute atomic E-state index is 11.4. The summed E-state index contributed by atoms with van der Waals surface area (Å²) in [5.74, 6) is 0.188. The minimum Gasteiger partial charge on any atom is -0.300 e. The standard InChI is InChI=1S/C21H18O/c1-16(22)15-20-9-5-6-10-21(20)19-13-11-18(12-14-19)17-7-3-2-4-8-17/h2-14H,15H2,1H3. The maximum atomic E-state index is 11.4. The van der Waals surface area contributed by atoms with Crippen molar-refractivity contribution >= 4 is 5.78 Å². The highest BCUT2D eigenvalue weighted by Gasteiger charge is 2.07. The number of carbonyl (C=O) groups excluding carboxylic acids is 1. The molecule has 0 saturated heterocycles. The van der Waals surface area contributed by atoms with Crippen molar-refractivity contribution in [3.05, 3.63) is 84.4 Å². The monoisotopic (exact) mass is 286 g/mol. The number of rotatable bonds is 4. The van der Waals surface area contributed by atoms with Crippen LogP contribution in [-0.2, 0) is 11.2 Å². The maximum Gasteiger partial charge on any atom is 0.134 e. The average Bonchev–Trinajstić information content (AvgIpc) is 2.56. The highest BCUT2D eigenvalue weighted by Crippen LogP contribution is 2.27. The van der Waals surface area contributed by atoms with E-state index >= 15 is 0 Å². The lowest BCUT2D eigenvalue weighted by atomic mass is 9.95. The molecule has 0 atom stereocenters. The molecule has 0 aliphatic carbocycles. The average molecular weight is 286 g/mol. The molecule has 0 amide bonds. The Bertz CT molecular complexity index is 771. The van der Waals surface area contributed by atoms with Crippen LogP contribution < -0.4 is 0 Å². The summed E-state index contributed by atoms with van der Waals surface area (Å²) in [6, 6.07) is 27.0. The van der Waals surface area contributed by atoms with Crippen molar-refractivity contribution in [3.63, 3.8) is 0 Å². The molecule has 0 N–H and O–H groups in total. The Balaban J connectivity index is 1.95. The summed E-state index contributed by atoms with van der Waals surface area (Å²) in [6.45, 7) is 1.63. The normalized spacial score (nSPS) is 10.4. The second-order valence-electron chi connectivity index (χ2n) is 5.48. The first-order valence-corrected chi connectivity index (χ1v) is 7.47. The van der Waals surface area contributed by atoms with Crippen LogP contribution in [-0.4, -0.2) is 5.78 Å². The smallest absolute Gasteiger partial charge is 0.134 e. The molecule has 0 bridgehead atoms. The van der Waals surface area contributed by atoms with E-state index in [0.29, 0.717) is 6.42 Å². The molecule has 1 heteroatoms. The Hall–Kier alpha value is -2.67. The number of ketones is 1. The predicted molar refractivity (Wildman–Crippen MR) is 91.7 cm³/mol. The van der Waals surface area contributed by atoms with Gasteiger partial charge in [-0.1, -0.05) is 78.9 Å².